The van der Waals surface area contributed by atoms with E-state index in [1.54, 1.807) is 18.3 Å². The van der Waals surface area contributed by atoms with Gasteiger partial charge in [-0.15, -0.1) is 0 Å². The predicted molar refractivity (Wildman–Crippen MR) is 67.8 cm³/mol. The number of nitrogens with one attached hydrogen (secondary N) is 1. The van der Waals surface area contributed by atoms with E-state index in [1.165, 1.54) is 0 Å². The van der Waals surface area contributed by atoms with Crippen LogP contribution in [0.4, 0.5) is 11.5 Å². The van der Waals surface area contributed by atoms with Crippen molar-refractivity contribution < 1.29 is 0 Å². The summed E-state index contributed by atoms with van der Waals surface area (Å²) in [5.74, 6) is 1.37. The van der Waals surface area contributed by atoms with E-state index in [9.17, 15) is 0 Å². The number of nitrogens with two attached hydrogens (primary N) is 1. The minimum atomic E-state index is 0.367. The van der Waals surface area contributed by atoms with Gasteiger partial charge in [-0.3, -0.25) is 0 Å². The van der Waals surface area contributed by atoms with Gasteiger partial charge in [0.2, 0.25) is 0 Å². The van der Waals surface area contributed by atoms with Crippen molar-refractivity contribution in [3.8, 4) is 0 Å². The number of pyridine rings is 1. The average molecular weight is 250 g/mol. The summed E-state index contributed by atoms with van der Waals surface area (Å²) in [5, 5.41) is 3.47. The Morgan fingerprint density at radius 3 is 2.88 bits per heavy atom. The van der Waals surface area contributed by atoms with Gasteiger partial charge in [-0.2, -0.15) is 0 Å². The molecule has 0 aliphatic heterocycles. The number of hydrogen-bond donors (Lipinski definition) is 2. The van der Waals surface area contributed by atoms with Crippen LogP contribution in [0.15, 0.2) is 24.4 Å². The molecule has 0 radical (unpaired) electrons. The maximum Gasteiger partial charge on any atom is 0.133 e. The van der Waals surface area contributed by atoms with Gasteiger partial charge in [-0.05, 0) is 19.1 Å². The van der Waals surface area contributed by atoms with Crippen molar-refractivity contribution in [3.63, 3.8) is 0 Å². The molecule has 17 heavy (non-hydrogen) atoms. The minimum absolute atomic E-state index is 0.367. The third-order valence-corrected chi connectivity index (χ3v) is 2.29. The highest BCUT2D eigenvalue weighted by atomic mass is 35.5. The first-order chi connectivity index (χ1) is 8.13. The van der Waals surface area contributed by atoms with E-state index in [1.807, 2.05) is 13.0 Å². The van der Waals surface area contributed by atoms with Gasteiger partial charge < -0.3 is 11.1 Å². The number of aromatic nitrogens is 3. The fraction of sp³-hybridized carbons (Fsp3) is 0.182. The lowest BCUT2D eigenvalue weighted by atomic mass is 10.3. The molecule has 0 saturated heterocycles. The van der Waals surface area contributed by atoms with E-state index < -0.39 is 0 Å². The minimum Gasteiger partial charge on any atom is -0.399 e. The molecule has 2 heterocycles. The second-order valence-corrected chi connectivity index (χ2v) is 3.94. The molecule has 0 fully saturated rings. The van der Waals surface area contributed by atoms with Crippen LogP contribution in [0.25, 0.3) is 0 Å². The normalized spacial score (nSPS) is 10.2. The summed E-state index contributed by atoms with van der Waals surface area (Å²) < 4.78 is 0. The standard InChI is InChI=1S/C11H12ClN5/c1-7-14-3-2-9(16-7)6-15-11-5-8(13)4-10(12)17-11/h2-5H,6H2,1H3,(H3,13,15,17). The third-order valence-electron chi connectivity index (χ3n) is 2.10. The molecule has 0 aliphatic rings. The smallest absolute Gasteiger partial charge is 0.133 e. The van der Waals surface area contributed by atoms with Crippen LogP contribution in [-0.2, 0) is 6.54 Å². The van der Waals surface area contributed by atoms with Gasteiger partial charge in [-0.25, -0.2) is 15.0 Å². The largest absolute Gasteiger partial charge is 0.399 e. The monoisotopic (exact) mass is 249 g/mol. The Hall–Kier alpha value is -1.88. The van der Waals surface area contributed by atoms with E-state index in [0.29, 0.717) is 23.2 Å². The van der Waals surface area contributed by atoms with Crippen LogP contribution in [0.1, 0.15) is 11.5 Å². The van der Waals surface area contributed by atoms with Gasteiger partial charge in [0.05, 0.1) is 12.2 Å². The molecule has 88 valence electrons. The zero-order chi connectivity index (χ0) is 12.3. The van der Waals surface area contributed by atoms with Gasteiger partial charge in [0, 0.05) is 18.0 Å². The van der Waals surface area contributed by atoms with E-state index in [2.05, 4.69) is 20.3 Å². The Bertz CT molecular complexity index is 509. The first kappa shape index (κ1) is 11.6. The molecule has 0 atom stereocenters. The number of halogens is 1. The summed E-state index contributed by atoms with van der Waals surface area (Å²) in [5.41, 5.74) is 7.12. The molecule has 0 unspecified atom stereocenters. The summed E-state index contributed by atoms with van der Waals surface area (Å²) in [6.45, 7) is 2.40. The molecule has 6 heteroatoms. The Balaban J connectivity index is 2.07. The van der Waals surface area contributed by atoms with Crippen molar-refractivity contribution in [3.05, 3.63) is 41.1 Å². The van der Waals surface area contributed by atoms with Gasteiger partial charge in [-0.1, -0.05) is 11.6 Å². The molecule has 0 aliphatic carbocycles. The summed E-state index contributed by atoms with van der Waals surface area (Å²) in [6, 6.07) is 5.16. The molecule has 0 saturated carbocycles. The fourth-order valence-corrected chi connectivity index (χ4v) is 1.61. The molecule has 0 spiro atoms. The number of nitrogen functional groups attached to an aromatic ring is 1. The lowest BCUT2D eigenvalue weighted by molar-refractivity contribution is 0.950. The van der Waals surface area contributed by atoms with Crippen LogP contribution in [0.2, 0.25) is 5.15 Å². The topological polar surface area (TPSA) is 76.7 Å². The van der Waals surface area contributed by atoms with Crippen LogP contribution < -0.4 is 11.1 Å². The fourth-order valence-electron chi connectivity index (χ4n) is 1.39. The molecule has 2 aromatic heterocycles. The SMILES string of the molecule is Cc1nccc(CNc2cc(N)cc(Cl)n2)n1. The van der Waals surface area contributed by atoms with Gasteiger partial charge in [0.25, 0.3) is 0 Å². The summed E-state index contributed by atoms with van der Waals surface area (Å²) in [7, 11) is 0. The van der Waals surface area contributed by atoms with Crippen LogP contribution >= 0.6 is 11.6 Å². The Kier molecular flexibility index (Phi) is 3.39. The molecule has 3 N–H and O–H groups in total. The molecule has 0 bridgehead atoms. The average Bonchev–Trinajstić information content (AvgIpc) is 2.25. The lowest BCUT2D eigenvalue weighted by Gasteiger charge is -2.06. The number of hydrogen-bond acceptors (Lipinski definition) is 5. The predicted octanol–water partition coefficient (Wildman–Crippen LogP) is 2.03. The van der Waals surface area contributed by atoms with E-state index in [4.69, 9.17) is 17.3 Å². The van der Waals surface area contributed by atoms with Crippen molar-refractivity contribution in [2.24, 2.45) is 0 Å². The molecule has 2 aromatic rings. The van der Waals surface area contributed by atoms with Crippen molar-refractivity contribution in [2.45, 2.75) is 13.5 Å². The highest BCUT2D eigenvalue weighted by Crippen LogP contribution is 2.16. The highest BCUT2D eigenvalue weighted by Gasteiger charge is 2.00. The van der Waals surface area contributed by atoms with E-state index in [-0.39, 0.29) is 0 Å². The van der Waals surface area contributed by atoms with Crippen LogP contribution in [0.5, 0.6) is 0 Å². The number of nitrogens with zero attached hydrogens (tertiary/aromatic N) is 3. The first-order valence-electron chi connectivity index (χ1n) is 5.09. The number of rotatable bonds is 3. The number of anilines is 2. The molecule has 5 nitrogen and oxygen atoms in total. The van der Waals surface area contributed by atoms with Gasteiger partial charge in [0.15, 0.2) is 0 Å². The molecule has 0 amide bonds. The second kappa shape index (κ2) is 4.97. The zero-order valence-corrected chi connectivity index (χ0v) is 10.1. The first-order valence-corrected chi connectivity index (χ1v) is 5.47. The molecule has 2 rings (SSSR count). The Morgan fingerprint density at radius 1 is 1.35 bits per heavy atom. The number of aryl methyl sites for hydroxylation is 1. The quantitative estimate of drug-likeness (QED) is 0.814. The summed E-state index contributed by atoms with van der Waals surface area (Å²) in [4.78, 5) is 12.4. The van der Waals surface area contributed by atoms with E-state index in [0.717, 1.165) is 11.5 Å². The van der Waals surface area contributed by atoms with Crippen LogP contribution in [0.3, 0.4) is 0 Å². The van der Waals surface area contributed by atoms with Gasteiger partial charge in [0.1, 0.15) is 16.8 Å². The van der Waals surface area contributed by atoms with Crippen molar-refractivity contribution >= 4 is 23.1 Å². The molecular weight excluding hydrogens is 238 g/mol. The van der Waals surface area contributed by atoms with E-state index >= 15 is 0 Å². The summed E-state index contributed by atoms with van der Waals surface area (Å²) in [6.07, 6.45) is 1.72. The van der Waals surface area contributed by atoms with Crippen molar-refractivity contribution in [1.82, 2.24) is 15.0 Å². The maximum absolute atomic E-state index is 5.80. The van der Waals surface area contributed by atoms with Gasteiger partial charge >= 0.3 is 0 Å². The zero-order valence-electron chi connectivity index (χ0n) is 9.31. The molecule has 0 aromatic carbocycles. The van der Waals surface area contributed by atoms with Crippen molar-refractivity contribution in [1.29, 1.82) is 0 Å². The Labute approximate surface area is 104 Å². The molecular formula is C11H12ClN5. The van der Waals surface area contributed by atoms with Crippen LogP contribution in [-0.4, -0.2) is 15.0 Å². The van der Waals surface area contributed by atoms with Crippen molar-refractivity contribution in [2.75, 3.05) is 11.1 Å². The summed E-state index contributed by atoms with van der Waals surface area (Å²) >= 11 is 5.80. The van der Waals surface area contributed by atoms with Crippen LogP contribution in [0, 0.1) is 6.92 Å². The second-order valence-electron chi connectivity index (χ2n) is 3.56. The highest BCUT2D eigenvalue weighted by molar-refractivity contribution is 6.29. The Morgan fingerprint density at radius 2 is 2.18 bits per heavy atom. The maximum atomic E-state index is 5.80. The lowest BCUT2D eigenvalue weighted by Crippen LogP contribution is -2.05. The third kappa shape index (κ3) is 3.29.